The highest BCUT2D eigenvalue weighted by Gasteiger charge is 2.44. The SMILES string of the molecule is CC(C)NCC1(c2ccccc2Cl)CC1. The summed E-state index contributed by atoms with van der Waals surface area (Å²) >= 11 is 6.24. The highest BCUT2D eigenvalue weighted by Crippen LogP contribution is 2.49. The molecule has 0 bridgehead atoms. The first-order chi connectivity index (χ1) is 7.14. The maximum Gasteiger partial charge on any atom is 0.0444 e. The van der Waals surface area contributed by atoms with Crippen LogP contribution in [0, 0.1) is 0 Å². The summed E-state index contributed by atoms with van der Waals surface area (Å²) in [5.74, 6) is 0. The summed E-state index contributed by atoms with van der Waals surface area (Å²) in [5.41, 5.74) is 1.64. The Morgan fingerprint density at radius 1 is 1.33 bits per heavy atom. The molecule has 1 aromatic carbocycles. The molecular formula is C13H18ClN. The zero-order valence-electron chi connectivity index (χ0n) is 9.39. The molecule has 15 heavy (non-hydrogen) atoms. The summed E-state index contributed by atoms with van der Waals surface area (Å²) in [5, 5.41) is 4.43. The predicted octanol–water partition coefficient (Wildman–Crippen LogP) is 3.37. The summed E-state index contributed by atoms with van der Waals surface area (Å²) < 4.78 is 0. The first kappa shape index (κ1) is 11.0. The van der Waals surface area contributed by atoms with Gasteiger partial charge in [-0.2, -0.15) is 0 Å². The van der Waals surface area contributed by atoms with E-state index in [1.807, 2.05) is 12.1 Å². The van der Waals surface area contributed by atoms with Gasteiger partial charge >= 0.3 is 0 Å². The van der Waals surface area contributed by atoms with Crippen molar-refractivity contribution in [2.45, 2.75) is 38.1 Å². The number of rotatable bonds is 4. The molecule has 1 nitrogen and oxygen atoms in total. The lowest BCUT2D eigenvalue weighted by molar-refractivity contribution is 0.520. The summed E-state index contributed by atoms with van der Waals surface area (Å²) in [6, 6.07) is 8.78. The second-order valence-corrected chi connectivity index (χ2v) is 5.20. The topological polar surface area (TPSA) is 12.0 Å². The predicted molar refractivity (Wildman–Crippen MR) is 65.5 cm³/mol. The minimum Gasteiger partial charge on any atom is -0.314 e. The average molecular weight is 224 g/mol. The van der Waals surface area contributed by atoms with Crippen LogP contribution in [0.3, 0.4) is 0 Å². The monoisotopic (exact) mass is 223 g/mol. The van der Waals surface area contributed by atoms with Crippen LogP contribution in [0.25, 0.3) is 0 Å². The van der Waals surface area contributed by atoms with Gasteiger partial charge in [0.25, 0.3) is 0 Å². The van der Waals surface area contributed by atoms with E-state index in [4.69, 9.17) is 11.6 Å². The van der Waals surface area contributed by atoms with Crippen LogP contribution in [0.15, 0.2) is 24.3 Å². The van der Waals surface area contributed by atoms with Gasteiger partial charge in [-0.15, -0.1) is 0 Å². The molecule has 2 rings (SSSR count). The van der Waals surface area contributed by atoms with Crippen LogP contribution < -0.4 is 5.32 Å². The van der Waals surface area contributed by atoms with Crippen molar-refractivity contribution in [3.05, 3.63) is 34.9 Å². The standard InChI is InChI=1S/C13H18ClN/c1-10(2)15-9-13(7-8-13)11-5-3-4-6-12(11)14/h3-6,10,15H,7-9H2,1-2H3. The highest BCUT2D eigenvalue weighted by atomic mass is 35.5. The van der Waals surface area contributed by atoms with Crippen molar-refractivity contribution < 1.29 is 0 Å². The Labute approximate surface area is 96.8 Å². The van der Waals surface area contributed by atoms with Crippen LogP contribution in [-0.2, 0) is 5.41 Å². The van der Waals surface area contributed by atoms with Gasteiger partial charge in [0, 0.05) is 23.0 Å². The molecule has 82 valence electrons. The number of hydrogen-bond acceptors (Lipinski definition) is 1. The molecule has 1 N–H and O–H groups in total. The van der Waals surface area contributed by atoms with Crippen LogP contribution in [-0.4, -0.2) is 12.6 Å². The van der Waals surface area contributed by atoms with Crippen molar-refractivity contribution in [1.82, 2.24) is 5.32 Å². The molecular weight excluding hydrogens is 206 g/mol. The Balaban J connectivity index is 2.13. The van der Waals surface area contributed by atoms with Gasteiger partial charge in [-0.1, -0.05) is 43.6 Å². The molecule has 0 saturated heterocycles. The number of benzene rings is 1. The molecule has 1 aromatic rings. The van der Waals surface area contributed by atoms with Gasteiger partial charge in [0.2, 0.25) is 0 Å². The first-order valence-corrected chi connectivity index (χ1v) is 6.00. The van der Waals surface area contributed by atoms with Crippen LogP contribution in [0.1, 0.15) is 32.3 Å². The second-order valence-electron chi connectivity index (χ2n) is 4.80. The molecule has 2 heteroatoms. The molecule has 1 aliphatic rings. The van der Waals surface area contributed by atoms with Gasteiger partial charge in [0.1, 0.15) is 0 Å². The molecule has 0 amide bonds. The summed E-state index contributed by atoms with van der Waals surface area (Å²) in [6.07, 6.45) is 2.52. The van der Waals surface area contributed by atoms with E-state index in [1.54, 1.807) is 0 Å². The molecule has 1 saturated carbocycles. The smallest absolute Gasteiger partial charge is 0.0444 e. The third kappa shape index (κ3) is 2.35. The minimum atomic E-state index is 0.322. The van der Waals surface area contributed by atoms with Crippen molar-refractivity contribution in [2.24, 2.45) is 0 Å². The van der Waals surface area contributed by atoms with Crippen molar-refractivity contribution in [2.75, 3.05) is 6.54 Å². The number of hydrogen-bond donors (Lipinski definition) is 1. The number of halogens is 1. The quantitative estimate of drug-likeness (QED) is 0.826. The molecule has 0 heterocycles. The van der Waals surface area contributed by atoms with E-state index in [1.165, 1.54) is 18.4 Å². The van der Waals surface area contributed by atoms with Gasteiger partial charge in [0.05, 0.1) is 0 Å². The Morgan fingerprint density at radius 2 is 2.00 bits per heavy atom. The average Bonchev–Trinajstić information content (AvgIpc) is 2.97. The van der Waals surface area contributed by atoms with Gasteiger partial charge in [-0.3, -0.25) is 0 Å². The molecule has 1 fully saturated rings. The van der Waals surface area contributed by atoms with Crippen LogP contribution in [0.4, 0.5) is 0 Å². The van der Waals surface area contributed by atoms with Crippen LogP contribution >= 0.6 is 11.6 Å². The van der Waals surface area contributed by atoms with E-state index in [0.717, 1.165) is 11.6 Å². The van der Waals surface area contributed by atoms with Crippen LogP contribution in [0.5, 0.6) is 0 Å². The lowest BCUT2D eigenvalue weighted by Crippen LogP contribution is -2.32. The van der Waals surface area contributed by atoms with E-state index in [0.29, 0.717) is 11.5 Å². The Morgan fingerprint density at radius 3 is 2.53 bits per heavy atom. The molecule has 0 radical (unpaired) electrons. The van der Waals surface area contributed by atoms with E-state index < -0.39 is 0 Å². The molecule has 0 unspecified atom stereocenters. The highest BCUT2D eigenvalue weighted by molar-refractivity contribution is 6.31. The van der Waals surface area contributed by atoms with Crippen molar-refractivity contribution >= 4 is 11.6 Å². The van der Waals surface area contributed by atoms with Gasteiger partial charge in [-0.05, 0) is 24.5 Å². The summed E-state index contributed by atoms with van der Waals surface area (Å²) in [4.78, 5) is 0. The zero-order valence-corrected chi connectivity index (χ0v) is 10.1. The Bertz CT molecular complexity index is 342. The molecule has 0 spiro atoms. The van der Waals surface area contributed by atoms with Gasteiger partial charge < -0.3 is 5.32 Å². The van der Waals surface area contributed by atoms with Gasteiger partial charge in [0.15, 0.2) is 0 Å². The summed E-state index contributed by atoms with van der Waals surface area (Å²) in [6.45, 7) is 5.42. The molecule has 0 aromatic heterocycles. The van der Waals surface area contributed by atoms with E-state index >= 15 is 0 Å². The zero-order chi connectivity index (χ0) is 10.9. The van der Waals surface area contributed by atoms with Crippen molar-refractivity contribution in [3.8, 4) is 0 Å². The maximum atomic E-state index is 6.24. The second kappa shape index (κ2) is 4.15. The first-order valence-electron chi connectivity index (χ1n) is 5.62. The normalized spacial score (nSPS) is 18.1. The fraction of sp³-hybridized carbons (Fsp3) is 0.538. The fourth-order valence-corrected chi connectivity index (χ4v) is 2.32. The fourth-order valence-electron chi connectivity index (χ4n) is 1.98. The third-order valence-corrected chi connectivity index (χ3v) is 3.48. The third-order valence-electron chi connectivity index (χ3n) is 3.15. The number of nitrogens with one attached hydrogen (secondary N) is 1. The van der Waals surface area contributed by atoms with E-state index in [9.17, 15) is 0 Å². The van der Waals surface area contributed by atoms with E-state index in [-0.39, 0.29) is 0 Å². The molecule has 0 atom stereocenters. The Hall–Kier alpha value is -0.530. The molecule has 1 aliphatic carbocycles. The van der Waals surface area contributed by atoms with Crippen molar-refractivity contribution in [1.29, 1.82) is 0 Å². The Kier molecular flexibility index (Phi) is 3.03. The molecule has 0 aliphatic heterocycles. The lowest BCUT2D eigenvalue weighted by Gasteiger charge is -2.19. The minimum absolute atomic E-state index is 0.322. The van der Waals surface area contributed by atoms with Crippen molar-refractivity contribution in [3.63, 3.8) is 0 Å². The largest absolute Gasteiger partial charge is 0.314 e. The van der Waals surface area contributed by atoms with Crippen LogP contribution in [0.2, 0.25) is 5.02 Å². The van der Waals surface area contributed by atoms with Gasteiger partial charge in [-0.25, -0.2) is 0 Å². The summed E-state index contributed by atoms with van der Waals surface area (Å²) in [7, 11) is 0. The lowest BCUT2D eigenvalue weighted by atomic mass is 9.95. The maximum absolute atomic E-state index is 6.24. The van der Waals surface area contributed by atoms with E-state index in [2.05, 4.69) is 31.3 Å².